The van der Waals surface area contributed by atoms with E-state index in [0.717, 1.165) is 29.5 Å². The molecular formula is C16H22BrN3O2. The molecule has 1 fully saturated rings. The van der Waals surface area contributed by atoms with E-state index in [1.165, 1.54) is 6.92 Å². The van der Waals surface area contributed by atoms with Crippen molar-refractivity contribution in [3.05, 3.63) is 34.3 Å². The Morgan fingerprint density at radius 3 is 2.64 bits per heavy atom. The number of hydrogen-bond donors (Lipinski definition) is 2. The number of carbonyl (C=O) groups excluding carboxylic acids is 2. The van der Waals surface area contributed by atoms with Crippen LogP contribution in [0.5, 0.6) is 0 Å². The van der Waals surface area contributed by atoms with Gasteiger partial charge in [-0.2, -0.15) is 0 Å². The molecule has 22 heavy (non-hydrogen) atoms. The van der Waals surface area contributed by atoms with E-state index >= 15 is 0 Å². The first-order chi connectivity index (χ1) is 10.5. The summed E-state index contributed by atoms with van der Waals surface area (Å²) in [7, 11) is 0. The third-order valence-corrected chi connectivity index (χ3v) is 4.53. The Kier molecular flexibility index (Phi) is 5.97. The fourth-order valence-corrected chi connectivity index (χ4v) is 3.01. The lowest BCUT2D eigenvalue weighted by atomic mass is 10.0. The Hall–Kier alpha value is -1.40. The molecule has 1 heterocycles. The van der Waals surface area contributed by atoms with Gasteiger partial charge in [0.2, 0.25) is 11.8 Å². The summed E-state index contributed by atoms with van der Waals surface area (Å²) in [5.41, 5.74) is 6.60. The average molecular weight is 368 g/mol. The summed E-state index contributed by atoms with van der Waals surface area (Å²) in [4.78, 5) is 25.7. The number of hydrogen-bond acceptors (Lipinski definition) is 3. The Labute approximate surface area is 139 Å². The average Bonchev–Trinajstić information content (AvgIpc) is 2.96. The van der Waals surface area contributed by atoms with Crippen LogP contribution in [-0.2, 0) is 9.59 Å². The zero-order chi connectivity index (χ0) is 16.1. The maximum absolute atomic E-state index is 12.5. The Morgan fingerprint density at radius 2 is 2.09 bits per heavy atom. The maximum Gasteiger partial charge on any atom is 0.224 e. The van der Waals surface area contributed by atoms with Gasteiger partial charge in [0, 0.05) is 24.5 Å². The molecule has 120 valence electrons. The van der Waals surface area contributed by atoms with Crippen molar-refractivity contribution in [2.75, 3.05) is 19.6 Å². The molecule has 0 radical (unpaired) electrons. The first kappa shape index (κ1) is 17.0. The van der Waals surface area contributed by atoms with E-state index < -0.39 is 0 Å². The molecule has 0 unspecified atom stereocenters. The van der Waals surface area contributed by atoms with Gasteiger partial charge in [0.1, 0.15) is 0 Å². The predicted octanol–water partition coefficient (Wildman–Crippen LogP) is 1.82. The van der Waals surface area contributed by atoms with E-state index in [0.29, 0.717) is 12.5 Å². The smallest absolute Gasteiger partial charge is 0.224 e. The van der Waals surface area contributed by atoms with Gasteiger partial charge in [-0.1, -0.05) is 28.1 Å². The Balaban J connectivity index is 2.05. The summed E-state index contributed by atoms with van der Waals surface area (Å²) < 4.78 is 0.967. The van der Waals surface area contributed by atoms with Crippen molar-refractivity contribution in [1.82, 2.24) is 10.2 Å². The van der Waals surface area contributed by atoms with Gasteiger partial charge in [-0.05, 0) is 36.6 Å². The van der Waals surface area contributed by atoms with Crippen LogP contribution in [-0.4, -0.2) is 36.3 Å². The molecule has 2 atom stereocenters. The largest absolute Gasteiger partial charge is 0.349 e. The number of likely N-dealkylation sites (tertiary alicyclic amines) is 1. The van der Waals surface area contributed by atoms with E-state index in [9.17, 15) is 9.59 Å². The molecule has 1 aromatic rings. The van der Waals surface area contributed by atoms with Crippen molar-refractivity contribution < 1.29 is 9.59 Å². The van der Waals surface area contributed by atoms with Crippen molar-refractivity contribution in [3.63, 3.8) is 0 Å². The topological polar surface area (TPSA) is 75.4 Å². The number of rotatable bonds is 5. The number of halogens is 1. The van der Waals surface area contributed by atoms with Crippen LogP contribution in [0.4, 0.5) is 0 Å². The summed E-state index contributed by atoms with van der Waals surface area (Å²) in [6, 6.07) is 7.37. The summed E-state index contributed by atoms with van der Waals surface area (Å²) in [5, 5.41) is 2.87. The SMILES string of the molecule is CC(=O)N[C@@H](CC(=O)N1CC[C@@H](CN)C1)c1ccc(Br)cc1. The van der Waals surface area contributed by atoms with Crippen molar-refractivity contribution in [3.8, 4) is 0 Å². The van der Waals surface area contributed by atoms with E-state index in [2.05, 4.69) is 21.2 Å². The molecule has 5 nitrogen and oxygen atoms in total. The number of nitrogens with two attached hydrogens (primary N) is 1. The second-order valence-electron chi connectivity index (χ2n) is 5.74. The van der Waals surface area contributed by atoms with Crippen molar-refractivity contribution in [2.45, 2.75) is 25.8 Å². The highest BCUT2D eigenvalue weighted by atomic mass is 79.9. The lowest BCUT2D eigenvalue weighted by molar-refractivity contribution is -0.131. The Bertz CT molecular complexity index is 533. The first-order valence-corrected chi connectivity index (χ1v) is 8.29. The molecule has 6 heteroatoms. The third kappa shape index (κ3) is 4.55. The van der Waals surface area contributed by atoms with Crippen LogP contribution < -0.4 is 11.1 Å². The zero-order valence-electron chi connectivity index (χ0n) is 12.7. The molecule has 0 spiro atoms. The van der Waals surface area contributed by atoms with Crippen LogP contribution >= 0.6 is 15.9 Å². The van der Waals surface area contributed by atoms with Crippen LogP contribution in [0.2, 0.25) is 0 Å². The number of amides is 2. The van der Waals surface area contributed by atoms with Crippen molar-refractivity contribution in [2.24, 2.45) is 11.7 Å². The van der Waals surface area contributed by atoms with E-state index in [-0.39, 0.29) is 24.3 Å². The standard InChI is InChI=1S/C16H22BrN3O2/c1-11(21)19-15(13-2-4-14(17)5-3-13)8-16(22)20-7-6-12(9-18)10-20/h2-5,12,15H,6-10,18H2,1H3,(H,19,21)/t12-,15-/m0/s1. The normalized spacial score (nSPS) is 19.0. The molecule has 0 saturated carbocycles. The highest BCUT2D eigenvalue weighted by Gasteiger charge is 2.27. The van der Waals surface area contributed by atoms with Crippen LogP contribution in [0.1, 0.15) is 31.4 Å². The molecule has 2 rings (SSSR count). The lowest BCUT2D eigenvalue weighted by Gasteiger charge is -2.22. The van der Waals surface area contributed by atoms with E-state index in [1.54, 1.807) is 0 Å². The van der Waals surface area contributed by atoms with Crippen molar-refractivity contribution in [1.29, 1.82) is 0 Å². The molecule has 1 aromatic carbocycles. The first-order valence-electron chi connectivity index (χ1n) is 7.50. The molecule has 3 N–H and O–H groups in total. The highest BCUT2D eigenvalue weighted by Crippen LogP contribution is 2.23. The summed E-state index contributed by atoms with van der Waals surface area (Å²) >= 11 is 3.39. The minimum atomic E-state index is -0.296. The fraction of sp³-hybridized carbons (Fsp3) is 0.500. The predicted molar refractivity (Wildman–Crippen MR) is 89.1 cm³/mol. The van der Waals surface area contributed by atoms with Crippen LogP contribution in [0.15, 0.2) is 28.7 Å². The summed E-state index contributed by atoms with van der Waals surface area (Å²) in [6.07, 6.45) is 1.24. The van der Waals surface area contributed by atoms with Gasteiger partial charge >= 0.3 is 0 Å². The van der Waals surface area contributed by atoms with Gasteiger partial charge in [-0.3, -0.25) is 9.59 Å². The lowest BCUT2D eigenvalue weighted by Crippen LogP contribution is -2.35. The van der Waals surface area contributed by atoms with E-state index in [4.69, 9.17) is 5.73 Å². The van der Waals surface area contributed by atoms with Crippen LogP contribution in [0.25, 0.3) is 0 Å². The molecule has 0 bridgehead atoms. The van der Waals surface area contributed by atoms with Gasteiger partial charge in [-0.25, -0.2) is 0 Å². The molecular weight excluding hydrogens is 346 g/mol. The van der Waals surface area contributed by atoms with Gasteiger partial charge < -0.3 is 16.0 Å². The van der Waals surface area contributed by atoms with Gasteiger partial charge in [0.25, 0.3) is 0 Å². The number of nitrogens with one attached hydrogen (secondary N) is 1. The molecule has 1 aliphatic heterocycles. The van der Waals surface area contributed by atoms with Crippen LogP contribution in [0.3, 0.4) is 0 Å². The van der Waals surface area contributed by atoms with E-state index in [1.807, 2.05) is 29.2 Å². The minimum absolute atomic E-state index is 0.0672. The summed E-state index contributed by atoms with van der Waals surface area (Å²) in [5.74, 6) is 0.329. The number of carbonyl (C=O) groups is 2. The van der Waals surface area contributed by atoms with Crippen LogP contribution in [0, 0.1) is 5.92 Å². The molecule has 2 amide bonds. The molecule has 0 aliphatic carbocycles. The molecule has 1 aliphatic rings. The quantitative estimate of drug-likeness (QED) is 0.833. The minimum Gasteiger partial charge on any atom is -0.349 e. The van der Waals surface area contributed by atoms with Gasteiger partial charge in [0.15, 0.2) is 0 Å². The second kappa shape index (κ2) is 7.74. The fourth-order valence-electron chi connectivity index (χ4n) is 2.75. The second-order valence-corrected chi connectivity index (χ2v) is 6.65. The Morgan fingerprint density at radius 1 is 1.41 bits per heavy atom. The molecule has 1 saturated heterocycles. The van der Waals surface area contributed by atoms with Crippen molar-refractivity contribution >= 4 is 27.7 Å². The van der Waals surface area contributed by atoms with Gasteiger partial charge in [0.05, 0.1) is 12.5 Å². The third-order valence-electron chi connectivity index (χ3n) is 4.00. The zero-order valence-corrected chi connectivity index (χ0v) is 14.3. The summed E-state index contributed by atoms with van der Waals surface area (Å²) in [6.45, 7) is 3.57. The van der Waals surface area contributed by atoms with Gasteiger partial charge in [-0.15, -0.1) is 0 Å². The monoisotopic (exact) mass is 367 g/mol. The number of nitrogens with zero attached hydrogens (tertiary/aromatic N) is 1. The highest BCUT2D eigenvalue weighted by molar-refractivity contribution is 9.10. The maximum atomic E-state index is 12.5. The number of benzene rings is 1. The molecule has 0 aromatic heterocycles.